The van der Waals surface area contributed by atoms with Crippen molar-refractivity contribution in [3.05, 3.63) is 75.7 Å². The van der Waals surface area contributed by atoms with Crippen LogP contribution in [-0.2, 0) is 10.2 Å². The van der Waals surface area contributed by atoms with Crippen LogP contribution < -0.4 is 10.9 Å². The summed E-state index contributed by atoms with van der Waals surface area (Å²) in [6.07, 6.45) is 7.89. The Morgan fingerprint density at radius 2 is 1.81 bits per heavy atom. The van der Waals surface area contributed by atoms with Gasteiger partial charge in [-0.15, -0.1) is 0 Å². The maximum Gasteiger partial charge on any atom is 0.257 e. The number of carbonyl (C=O) groups is 1. The van der Waals surface area contributed by atoms with Crippen LogP contribution in [0.3, 0.4) is 0 Å². The lowest BCUT2D eigenvalue weighted by molar-refractivity contribution is -0.142. The normalized spacial score (nSPS) is 22.5. The quantitative estimate of drug-likeness (QED) is 0.524. The van der Waals surface area contributed by atoms with E-state index in [0.717, 1.165) is 75.8 Å². The fourth-order valence-electron chi connectivity index (χ4n) is 6.48. The third kappa shape index (κ3) is 4.20. The molecule has 0 radical (unpaired) electrons. The molecule has 0 bridgehead atoms. The number of nitrogens with one attached hydrogen (secondary N) is 2. The molecule has 2 N–H and O–H groups in total. The van der Waals surface area contributed by atoms with Crippen LogP contribution in [0.2, 0.25) is 5.02 Å². The molecule has 7 heteroatoms. The van der Waals surface area contributed by atoms with Gasteiger partial charge in [0.05, 0.1) is 15.8 Å². The fourth-order valence-corrected chi connectivity index (χ4v) is 6.80. The number of piperidine rings is 1. The van der Waals surface area contributed by atoms with Crippen molar-refractivity contribution in [3.8, 4) is 0 Å². The molecule has 36 heavy (non-hydrogen) atoms. The third-order valence-electron chi connectivity index (χ3n) is 8.63. The number of halogens is 1. The summed E-state index contributed by atoms with van der Waals surface area (Å²) in [6.45, 7) is 3.74. The van der Waals surface area contributed by atoms with E-state index < -0.39 is 0 Å². The highest BCUT2D eigenvalue weighted by Gasteiger charge is 2.48. The Morgan fingerprint density at radius 3 is 2.53 bits per heavy atom. The molecule has 0 spiro atoms. The van der Waals surface area contributed by atoms with Crippen molar-refractivity contribution in [3.63, 3.8) is 0 Å². The van der Waals surface area contributed by atoms with Crippen LogP contribution in [0.15, 0.2) is 59.5 Å². The number of H-pyrrole nitrogens is 1. The van der Waals surface area contributed by atoms with Crippen LogP contribution in [0, 0.1) is 0 Å². The van der Waals surface area contributed by atoms with Crippen molar-refractivity contribution in [2.75, 3.05) is 31.5 Å². The molecule has 1 saturated carbocycles. The first kappa shape index (κ1) is 23.6. The van der Waals surface area contributed by atoms with Crippen LogP contribution in [-0.4, -0.2) is 59.0 Å². The zero-order chi connectivity index (χ0) is 24.7. The van der Waals surface area contributed by atoms with Crippen LogP contribution in [0.25, 0.3) is 10.8 Å². The van der Waals surface area contributed by atoms with Crippen molar-refractivity contribution in [1.82, 2.24) is 14.8 Å². The number of benzene rings is 2. The number of pyridine rings is 1. The predicted octanol–water partition coefficient (Wildman–Crippen LogP) is 4.78. The van der Waals surface area contributed by atoms with Crippen LogP contribution >= 0.6 is 11.6 Å². The Balaban J connectivity index is 1.06. The topological polar surface area (TPSA) is 68.4 Å². The Hall–Kier alpha value is -2.83. The second kappa shape index (κ2) is 9.56. The van der Waals surface area contributed by atoms with Crippen LogP contribution in [0.5, 0.6) is 0 Å². The minimum absolute atomic E-state index is 0.159. The van der Waals surface area contributed by atoms with Crippen molar-refractivity contribution in [2.45, 2.75) is 56.0 Å². The number of likely N-dealkylation sites (tertiary alicyclic amines) is 2. The summed E-state index contributed by atoms with van der Waals surface area (Å²) in [5, 5.41) is 5.50. The van der Waals surface area contributed by atoms with Gasteiger partial charge in [0, 0.05) is 50.1 Å². The zero-order valence-electron chi connectivity index (χ0n) is 20.5. The molecule has 1 amide bonds. The van der Waals surface area contributed by atoms with Gasteiger partial charge in [-0.1, -0.05) is 48.4 Å². The van der Waals surface area contributed by atoms with E-state index in [0.29, 0.717) is 28.4 Å². The number of fused-ring (bicyclic) bond motifs is 1. The molecule has 1 atom stereocenters. The van der Waals surface area contributed by atoms with Gasteiger partial charge in [0.2, 0.25) is 5.91 Å². The summed E-state index contributed by atoms with van der Waals surface area (Å²) in [4.78, 5) is 33.1. The summed E-state index contributed by atoms with van der Waals surface area (Å²) >= 11 is 6.43. The van der Waals surface area contributed by atoms with Crippen molar-refractivity contribution in [2.24, 2.45) is 0 Å². The van der Waals surface area contributed by atoms with E-state index in [4.69, 9.17) is 11.6 Å². The Morgan fingerprint density at radius 1 is 1.03 bits per heavy atom. The second-order valence-corrected chi connectivity index (χ2v) is 11.1. The number of carbonyl (C=O) groups excluding carboxylic acids is 1. The molecule has 2 aromatic carbocycles. The molecule has 3 heterocycles. The minimum atomic E-state index is -0.289. The highest BCUT2D eigenvalue weighted by Crippen LogP contribution is 2.45. The van der Waals surface area contributed by atoms with Crippen LogP contribution in [0.1, 0.15) is 44.1 Å². The first-order valence-electron chi connectivity index (χ1n) is 13.2. The fraction of sp³-hybridized carbons (Fsp3) is 0.448. The highest BCUT2D eigenvalue weighted by molar-refractivity contribution is 6.35. The van der Waals surface area contributed by atoms with E-state index in [1.807, 2.05) is 24.3 Å². The highest BCUT2D eigenvalue weighted by atomic mass is 35.5. The minimum Gasteiger partial charge on any atom is -0.381 e. The first-order chi connectivity index (χ1) is 17.5. The third-order valence-corrected chi connectivity index (χ3v) is 8.92. The molecular formula is C29H33ClN4O2. The number of aromatic amines is 1. The van der Waals surface area contributed by atoms with E-state index in [1.165, 1.54) is 5.56 Å². The molecule has 3 aliphatic rings. The second-order valence-electron chi connectivity index (χ2n) is 10.7. The van der Waals surface area contributed by atoms with Gasteiger partial charge in [-0.05, 0) is 61.3 Å². The Labute approximate surface area is 216 Å². The molecule has 1 unspecified atom stereocenters. The lowest BCUT2D eigenvalue weighted by atomic mass is 9.63. The average Bonchev–Trinajstić information content (AvgIpc) is 3.32. The molecule has 188 valence electrons. The smallest absolute Gasteiger partial charge is 0.257 e. The monoisotopic (exact) mass is 504 g/mol. The number of hydrogen-bond donors (Lipinski definition) is 2. The molecule has 6 nitrogen and oxygen atoms in total. The first-order valence-corrected chi connectivity index (χ1v) is 13.6. The molecular weight excluding hydrogens is 472 g/mol. The average molecular weight is 505 g/mol. The summed E-state index contributed by atoms with van der Waals surface area (Å²) in [5.74, 6) is 0.339. The van der Waals surface area contributed by atoms with Crippen molar-refractivity contribution >= 4 is 34.0 Å². The molecule has 3 aromatic rings. The van der Waals surface area contributed by atoms with Gasteiger partial charge in [0.1, 0.15) is 0 Å². The van der Waals surface area contributed by atoms with Gasteiger partial charge in [0.15, 0.2) is 0 Å². The molecule has 1 aliphatic carbocycles. The van der Waals surface area contributed by atoms with Crippen molar-refractivity contribution < 1.29 is 4.79 Å². The standard InChI is InChI=1S/C29H33ClN4O2/c30-25-18-23(17-20-7-13-31-27(35)26(20)25)32-22-8-14-34(19-22)24-9-15-33(16-10-24)28(36)29(11-4-12-29)21-5-2-1-3-6-21/h1-3,5-7,13,17-18,22,24,32H,4,8-12,14-16,19H2,(H,31,35). The number of nitrogens with zero attached hydrogens (tertiary/aromatic N) is 2. The molecule has 2 aliphatic heterocycles. The predicted molar refractivity (Wildman–Crippen MR) is 145 cm³/mol. The molecule has 3 fully saturated rings. The van der Waals surface area contributed by atoms with Crippen LogP contribution in [0.4, 0.5) is 5.69 Å². The van der Waals surface area contributed by atoms with Gasteiger partial charge in [-0.3, -0.25) is 14.5 Å². The van der Waals surface area contributed by atoms with E-state index >= 15 is 0 Å². The van der Waals surface area contributed by atoms with E-state index in [2.05, 4.69) is 44.4 Å². The van der Waals surface area contributed by atoms with E-state index in [-0.39, 0.29) is 11.0 Å². The maximum absolute atomic E-state index is 13.6. The summed E-state index contributed by atoms with van der Waals surface area (Å²) in [5.41, 5.74) is 1.70. The zero-order valence-corrected chi connectivity index (χ0v) is 21.3. The lowest BCUT2D eigenvalue weighted by Crippen LogP contribution is -2.54. The molecule has 2 saturated heterocycles. The Kier molecular flexibility index (Phi) is 6.26. The summed E-state index contributed by atoms with van der Waals surface area (Å²) in [7, 11) is 0. The lowest BCUT2D eigenvalue weighted by Gasteiger charge is -2.46. The van der Waals surface area contributed by atoms with Crippen molar-refractivity contribution in [1.29, 1.82) is 0 Å². The largest absolute Gasteiger partial charge is 0.381 e. The van der Waals surface area contributed by atoms with Gasteiger partial charge < -0.3 is 15.2 Å². The van der Waals surface area contributed by atoms with E-state index in [1.54, 1.807) is 6.20 Å². The maximum atomic E-state index is 13.6. The number of anilines is 1. The van der Waals surface area contributed by atoms with E-state index in [9.17, 15) is 9.59 Å². The summed E-state index contributed by atoms with van der Waals surface area (Å²) < 4.78 is 0. The number of amides is 1. The van der Waals surface area contributed by atoms with Gasteiger partial charge in [0.25, 0.3) is 5.56 Å². The van der Waals surface area contributed by atoms with Gasteiger partial charge in [-0.25, -0.2) is 0 Å². The number of aromatic nitrogens is 1. The Bertz CT molecular complexity index is 1310. The number of hydrogen-bond acceptors (Lipinski definition) is 4. The molecule has 6 rings (SSSR count). The van der Waals surface area contributed by atoms with Gasteiger partial charge >= 0.3 is 0 Å². The van der Waals surface area contributed by atoms with Gasteiger partial charge in [-0.2, -0.15) is 0 Å². The molecule has 1 aromatic heterocycles. The number of rotatable bonds is 5. The summed E-state index contributed by atoms with van der Waals surface area (Å²) in [6, 6.07) is 17.0. The SMILES string of the molecule is O=C(N1CCC(N2CCC(Nc3cc(Cl)c4c(=O)[nH]ccc4c3)C2)CC1)C1(c2ccccc2)CCC1.